The van der Waals surface area contributed by atoms with Crippen molar-refractivity contribution in [3.8, 4) is 0 Å². The van der Waals surface area contributed by atoms with E-state index in [1.165, 1.54) is 6.92 Å². The Kier molecular flexibility index (Phi) is 5.40. The van der Waals surface area contributed by atoms with Crippen LogP contribution < -0.4 is 11.1 Å². The zero-order valence-electron chi connectivity index (χ0n) is 8.58. The number of carboxylic acid groups (broad SMARTS) is 2. The van der Waals surface area contributed by atoms with Crippen molar-refractivity contribution in [2.24, 2.45) is 5.73 Å². The van der Waals surface area contributed by atoms with Gasteiger partial charge >= 0.3 is 11.9 Å². The van der Waals surface area contributed by atoms with Crippen LogP contribution in [-0.2, 0) is 14.4 Å². The number of aliphatic hydroxyl groups excluding tert-OH is 1. The summed E-state index contributed by atoms with van der Waals surface area (Å²) in [5, 5.41) is 27.9. The maximum atomic E-state index is 11.2. The molecule has 0 fully saturated rings. The third kappa shape index (κ3) is 4.71. The second kappa shape index (κ2) is 6.03. The fraction of sp³-hybridized carbons (Fsp3) is 0.625. The molecule has 0 heterocycles. The maximum absolute atomic E-state index is 11.2. The summed E-state index contributed by atoms with van der Waals surface area (Å²) in [7, 11) is 0. The van der Waals surface area contributed by atoms with E-state index in [4.69, 9.17) is 21.1 Å². The molecule has 0 saturated heterocycles. The molecule has 0 saturated carbocycles. The Balaban J connectivity index is 4.46. The van der Waals surface area contributed by atoms with Gasteiger partial charge in [-0.2, -0.15) is 0 Å². The summed E-state index contributed by atoms with van der Waals surface area (Å²) in [6.07, 6.45) is -1.91. The Morgan fingerprint density at radius 3 is 2.12 bits per heavy atom. The summed E-state index contributed by atoms with van der Waals surface area (Å²) in [6, 6.07) is -2.86. The van der Waals surface area contributed by atoms with Crippen LogP contribution in [0.25, 0.3) is 0 Å². The molecular formula is C8H14N2O6. The zero-order valence-corrected chi connectivity index (χ0v) is 8.58. The molecule has 0 aromatic heterocycles. The average molecular weight is 234 g/mol. The van der Waals surface area contributed by atoms with E-state index in [-0.39, 0.29) is 0 Å². The molecule has 0 bridgehead atoms. The minimum Gasteiger partial charge on any atom is -0.481 e. The molecule has 6 N–H and O–H groups in total. The molecule has 0 aliphatic carbocycles. The lowest BCUT2D eigenvalue weighted by Crippen LogP contribution is -2.52. The fourth-order valence-corrected chi connectivity index (χ4v) is 0.862. The number of carboxylic acids is 2. The Morgan fingerprint density at radius 1 is 1.31 bits per heavy atom. The van der Waals surface area contributed by atoms with Crippen LogP contribution in [0.15, 0.2) is 0 Å². The van der Waals surface area contributed by atoms with Crippen molar-refractivity contribution in [2.45, 2.75) is 31.5 Å². The number of aliphatic hydroxyl groups is 1. The number of carbonyl (C=O) groups is 3. The first-order valence-corrected chi connectivity index (χ1v) is 4.44. The van der Waals surface area contributed by atoms with Crippen LogP contribution in [-0.4, -0.2) is 51.4 Å². The molecule has 92 valence electrons. The Morgan fingerprint density at radius 2 is 1.81 bits per heavy atom. The van der Waals surface area contributed by atoms with Gasteiger partial charge in [-0.25, -0.2) is 4.79 Å². The predicted molar refractivity (Wildman–Crippen MR) is 51.5 cm³/mol. The number of hydrogen-bond acceptors (Lipinski definition) is 5. The molecule has 8 nitrogen and oxygen atoms in total. The standard InChI is InChI=1S/C8H14N2O6/c1-3(11)6(9)7(14)10-4(8(15)16)2-5(12)13/h3-4,6,11H,2,9H2,1H3,(H,10,14)(H,12,13)(H,15,16)/t3-,4+,6+/m1/s1. The first-order chi connectivity index (χ1) is 7.25. The van der Waals surface area contributed by atoms with Crippen LogP contribution in [0, 0.1) is 0 Å². The summed E-state index contributed by atoms with van der Waals surface area (Å²) >= 11 is 0. The molecule has 0 aromatic carbocycles. The molecule has 0 unspecified atom stereocenters. The number of aliphatic carboxylic acids is 2. The molecular weight excluding hydrogens is 220 g/mol. The molecule has 0 spiro atoms. The zero-order chi connectivity index (χ0) is 12.9. The maximum Gasteiger partial charge on any atom is 0.326 e. The van der Waals surface area contributed by atoms with E-state index in [0.29, 0.717) is 0 Å². The number of nitrogens with one attached hydrogen (secondary N) is 1. The minimum absolute atomic E-state index is 0.756. The van der Waals surface area contributed by atoms with Crippen LogP contribution in [0.4, 0.5) is 0 Å². The van der Waals surface area contributed by atoms with Crippen molar-refractivity contribution in [1.82, 2.24) is 5.32 Å². The molecule has 0 aromatic rings. The normalized spacial score (nSPS) is 15.9. The van der Waals surface area contributed by atoms with Crippen molar-refractivity contribution >= 4 is 17.8 Å². The average Bonchev–Trinajstić information content (AvgIpc) is 2.14. The molecule has 0 radical (unpaired) electrons. The largest absolute Gasteiger partial charge is 0.481 e. The van der Waals surface area contributed by atoms with Gasteiger partial charge in [-0.15, -0.1) is 0 Å². The van der Waals surface area contributed by atoms with E-state index in [1.807, 2.05) is 5.32 Å². The smallest absolute Gasteiger partial charge is 0.326 e. The molecule has 3 atom stereocenters. The first-order valence-electron chi connectivity index (χ1n) is 4.44. The number of hydrogen-bond donors (Lipinski definition) is 5. The van der Waals surface area contributed by atoms with Crippen LogP contribution in [0.5, 0.6) is 0 Å². The van der Waals surface area contributed by atoms with Gasteiger partial charge in [-0.3, -0.25) is 9.59 Å². The van der Waals surface area contributed by atoms with Crippen molar-refractivity contribution in [3.63, 3.8) is 0 Å². The van der Waals surface area contributed by atoms with Gasteiger partial charge in [0.2, 0.25) is 5.91 Å². The lowest BCUT2D eigenvalue weighted by molar-refractivity contribution is -0.147. The third-order valence-electron chi connectivity index (χ3n) is 1.82. The van der Waals surface area contributed by atoms with E-state index >= 15 is 0 Å². The van der Waals surface area contributed by atoms with Crippen LogP contribution in [0.1, 0.15) is 13.3 Å². The lowest BCUT2D eigenvalue weighted by Gasteiger charge is -2.18. The highest BCUT2D eigenvalue weighted by Crippen LogP contribution is 1.96. The monoisotopic (exact) mass is 234 g/mol. The number of rotatable bonds is 6. The van der Waals surface area contributed by atoms with Gasteiger partial charge in [-0.1, -0.05) is 0 Å². The van der Waals surface area contributed by atoms with Crippen LogP contribution in [0.2, 0.25) is 0 Å². The van der Waals surface area contributed by atoms with Crippen LogP contribution >= 0.6 is 0 Å². The van der Waals surface area contributed by atoms with Crippen molar-refractivity contribution in [2.75, 3.05) is 0 Å². The van der Waals surface area contributed by atoms with Gasteiger partial charge in [0.25, 0.3) is 0 Å². The van der Waals surface area contributed by atoms with E-state index in [0.717, 1.165) is 0 Å². The number of carbonyl (C=O) groups excluding carboxylic acids is 1. The third-order valence-corrected chi connectivity index (χ3v) is 1.82. The van der Waals surface area contributed by atoms with E-state index in [9.17, 15) is 14.4 Å². The molecule has 0 rings (SSSR count). The van der Waals surface area contributed by atoms with Crippen molar-refractivity contribution in [3.05, 3.63) is 0 Å². The van der Waals surface area contributed by atoms with Gasteiger partial charge in [0.1, 0.15) is 12.1 Å². The highest BCUT2D eigenvalue weighted by molar-refractivity contribution is 5.89. The summed E-state index contributed by atoms with van der Waals surface area (Å²) in [4.78, 5) is 32.1. The van der Waals surface area contributed by atoms with Crippen molar-refractivity contribution in [1.29, 1.82) is 0 Å². The Bertz CT molecular complexity index is 290. The summed E-state index contributed by atoms with van der Waals surface area (Å²) < 4.78 is 0. The summed E-state index contributed by atoms with van der Waals surface area (Å²) in [6.45, 7) is 1.26. The van der Waals surface area contributed by atoms with E-state index in [2.05, 4.69) is 0 Å². The lowest BCUT2D eigenvalue weighted by atomic mass is 10.1. The molecule has 16 heavy (non-hydrogen) atoms. The van der Waals surface area contributed by atoms with Gasteiger partial charge in [0.15, 0.2) is 0 Å². The van der Waals surface area contributed by atoms with E-state index < -0.39 is 42.5 Å². The summed E-state index contributed by atoms with van der Waals surface area (Å²) in [5.74, 6) is -3.75. The van der Waals surface area contributed by atoms with Gasteiger partial charge < -0.3 is 26.4 Å². The highest BCUT2D eigenvalue weighted by atomic mass is 16.4. The SMILES string of the molecule is C[C@@H](O)[C@H](N)C(=O)N[C@@H](CC(=O)O)C(=O)O. The first kappa shape index (κ1) is 14.3. The van der Waals surface area contributed by atoms with Crippen molar-refractivity contribution < 1.29 is 29.7 Å². The number of amides is 1. The Hall–Kier alpha value is -1.67. The minimum atomic E-state index is -1.56. The quantitative estimate of drug-likeness (QED) is 0.348. The predicted octanol–water partition coefficient (Wildman–Crippen LogP) is -2.26. The number of nitrogens with two attached hydrogens (primary N) is 1. The fourth-order valence-electron chi connectivity index (χ4n) is 0.862. The van der Waals surface area contributed by atoms with Gasteiger partial charge in [-0.05, 0) is 6.92 Å². The molecule has 8 heteroatoms. The molecule has 0 aliphatic heterocycles. The summed E-state index contributed by atoms with van der Waals surface area (Å²) in [5.41, 5.74) is 5.24. The molecule has 0 aliphatic rings. The van der Waals surface area contributed by atoms with Gasteiger partial charge in [0.05, 0.1) is 12.5 Å². The topological polar surface area (TPSA) is 150 Å². The van der Waals surface area contributed by atoms with E-state index in [1.54, 1.807) is 0 Å². The van der Waals surface area contributed by atoms with Crippen LogP contribution in [0.3, 0.4) is 0 Å². The molecule has 1 amide bonds. The second-order valence-corrected chi connectivity index (χ2v) is 3.26. The second-order valence-electron chi connectivity index (χ2n) is 3.26. The highest BCUT2D eigenvalue weighted by Gasteiger charge is 2.27. The van der Waals surface area contributed by atoms with Gasteiger partial charge in [0, 0.05) is 0 Å². The Labute approximate surface area is 91.1 Å².